The van der Waals surface area contributed by atoms with E-state index >= 15 is 0 Å². The zero-order chi connectivity index (χ0) is 18.0. The Balaban J connectivity index is 2.19. The summed E-state index contributed by atoms with van der Waals surface area (Å²) in [5.41, 5.74) is -0.974. The van der Waals surface area contributed by atoms with Gasteiger partial charge < -0.3 is 5.32 Å². The molecular formula is C15H13F3N2O3S. The maximum atomic E-state index is 12.9. The maximum Gasteiger partial charge on any atom is 0.418 e. The molecule has 0 spiro atoms. The number of benzene rings is 2. The summed E-state index contributed by atoms with van der Waals surface area (Å²) in [4.78, 5) is 12.1. The Morgan fingerprint density at radius 1 is 1.00 bits per heavy atom. The number of hydrogen-bond donors (Lipinski definition) is 2. The van der Waals surface area contributed by atoms with Crippen molar-refractivity contribution in [2.75, 3.05) is 16.3 Å². The monoisotopic (exact) mass is 358 g/mol. The van der Waals surface area contributed by atoms with Crippen molar-refractivity contribution < 1.29 is 26.4 Å². The van der Waals surface area contributed by atoms with Gasteiger partial charge in [-0.25, -0.2) is 8.42 Å². The lowest BCUT2D eigenvalue weighted by atomic mass is 10.1. The summed E-state index contributed by atoms with van der Waals surface area (Å²) in [6.07, 6.45) is -3.62. The summed E-state index contributed by atoms with van der Waals surface area (Å²) in [6, 6.07) is 9.92. The Morgan fingerprint density at radius 2 is 1.58 bits per heavy atom. The lowest BCUT2D eigenvalue weighted by Gasteiger charge is -2.13. The Hall–Kier alpha value is -2.55. The summed E-state index contributed by atoms with van der Waals surface area (Å²) in [5.74, 6) is -0.738. The fraction of sp³-hybridized carbons (Fsp3) is 0.133. The summed E-state index contributed by atoms with van der Waals surface area (Å²) in [5, 5.41) is 2.20. The first kappa shape index (κ1) is 17.8. The van der Waals surface area contributed by atoms with Crippen LogP contribution in [0.15, 0.2) is 48.5 Å². The molecule has 2 aromatic carbocycles. The molecular weight excluding hydrogens is 345 g/mol. The highest BCUT2D eigenvalue weighted by molar-refractivity contribution is 7.92. The van der Waals surface area contributed by atoms with Gasteiger partial charge in [-0.05, 0) is 36.4 Å². The van der Waals surface area contributed by atoms with E-state index in [4.69, 9.17) is 0 Å². The molecule has 0 unspecified atom stereocenters. The van der Waals surface area contributed by atoms with Crippen LogP contribution in [0.25, 0.3) is 0 Å². The summed E-state index contributed by atoms with van der Waals surface area (Å²) in [6.45, 7) is 0. The fourth-order valence-electron chi connectivity index (χ4n) is 1.94. The number of rotatable bonds is 4. The molecule has 0 aliphatic rings. The predicted molar refractivity (Wildman–Crippen MR) is 84.3 cm³/mol. The summed E-state index contributed by atoms with van der Waals surface area (Å²) < 4.78 is 63.1. The molecule has 0 heterocycles. The van der Waals surface area contributed by atoms with Crippen molar-refractivity contribution >= 4 is 27.3 Å². The van der Waals surface area contributed by atoms with E-state index in [1.807, 2.05) is 0 Å². The highest BCUT2D eigenvalue weighted by atomic mass is 32.2. The number of hydrogen-bond acceptors (Lipinski definition) is 3. The molecule has 5 nitrogen and oxygen atoms in total. The minimum atomic E-state index is -4.59. The molecule has 0 radical (unpaired) electrons. The van der Waals surface area contributed by atoms with Crippen molar-refractivity contribution in [2.45, 2.75) is 6.18 Å². The third-order valence-corrected chi connectivity index (χ3v) is 3.54. The molecule has 128 valence electrons. The molecule has 0 bridgehead atoms. The number of amides is 1. The molecule has 9 heteroatoms. The first-order chi connectivity index (χ1) is 11.1. The molecule has 0 aromatic heterocycles. The van der Waals surface area contributed by atoms with Gasteiger partial charge in [0.2, 0.25) is 10.0 Å². The number of para-hydroxylation sites is 1. The zero-order valence-corrected chi connectivity index (χ0v) is 13.2. The minimum Gasteiger partial charge on any atom is -0.321 e. The highest BCUT2D eigenvalue weighted by Crippen LogP contribution is 2.34. The van der Waals surface area contributed by atoms with Gasteiger partial charge in [0.1, 0.15) is 0 Å². The summed E-state index contributed by atoms with van der Waals surface area (Å²) >= 11 is 0. The molecule has 2 rings (SSSR count). The van der Waals surface area contributed by atoms with Gasteiger partial charge in [0, 0.05) is 11.3 Å². The number of halogens is 3. The van der Waals surface area contributed by atoms with Gasteiger partial charge in [0.15, 0.2) is 0 Å². The second-order valence-corrected chi connectivity index (χ2v) is 6.70. The zero-order valence-electron chi connectivity index (χ0n) is 12.4. The van der Waals surface area contributed by atoms with Crippen molar-refractivity contribution in [1.82, 2.24) is 0 Å². The Morgan fingerprint density at radius 3 is 2.12 bits per heavy atom. The standard InChI is InChI=1S/C15H13F3N2O3S/c1-24(22,23)20-11-8-6-10(7-9-11)14(21)19-13-5-3-2-4-12(13)15(16,17)18/h2-9,20H,1H3,(H,19,21). The molecule has 0 fully saturated rings. The number of alkyl halides is 3. The number of nitrogens with one attached hydrogen (secondary N) is 2. The Bertz CT molecular complexity index is 847. The second-order valence-electron chi connectivity index (χ2n) is 4.95. The van der Waals surface area contributed by atoms with E-state index in [1.165, 1.54) is 36.4 Å². The van der Waals surface area contributed by atoms with Crippen LogP contribution in [0.2, 0.25) is 0 Å². The van der Waals surface area contributed by atoms with Crippen LogP contribution in [0.3, 0.4) is 0 Å². The largest absolute Gasteiger partial charge is 0.418 e. The topological polar surface area (TPSA) is 75.3 Å². The van der Waals surface area contributed by atoms with Crippen LogP contribution >= 0.6 is 0 Å². The van der Waals surface area contributed by atoms with Crippen LogP contribution in [-0.2, 0) is 16.2 Å². The number of carbonyl (C=O) groups is 1. The molecule has 0 aliphatic heterocycles. The van der Waals surface area contributed by atoms with Gasteiger partial charge in [0.05, 0.1) is 17.5 Å². The molecule has 2 aromatic rings. The van der Waals surface area contributed by atoms with Crippen molar-refractivity contribution in [3.8, 4) is 0 Å². The van der Waals surface area contributed by atoms with Crippen molar-refractivity contribution in [2.24, 2.45) is 0 Å². The molecule has 0 saturated carbocycles. The molecule has 1 amide bonds. The van der Waals surface area contributed by atoms with E-state index in [0.29, 0.717) is 0 Å². The van der Waals surface area contributed by atoms with Crippen LogP contribution in [-0.4, -0.2) is 20.6 Å². The number of carbonyl (C=O) groups excluding carboxylic acids is 1. The maximum absolute atomic E-state index is 12.9. The SMILES string of the molecule is CS(=O)(=O)Nc1ccc(C(=O)Nc2ccccc2C(F)(F)F)cc1. The number of sulfonamides is 1. The van der Waals surface area contributed by atoms with E-state index in [0.717, 1.165) is 18.4 Å². The molecule has 0 saturated heterocycles. The average molecular weight is 358 g/mol. The quantitative estimate of drug-likeness (QED) is 0.880. The number of anilines is 2. The van der Waals surface area contributed by atoms with Gasteiger partial charge in [-0.3, -0.25) is 9.52 Å². The Labute approximate surface area is 136 Å². The van der Waals surface area contributed by atoms with E-state index in [2.05, 4.69) is 10.0 Å². The first-order valence-electron chi connectivity index (χ1n) is 6.62. The van der Waals surface area contributed by atoms with E-state index in [9.17, 15) is 26.4 Å². The smallest absolute Gasteiger partial charge is 0.321 e. The lowest BCUT2D eigenvalue weighted by molar-refractivity contribution is -0.136. The van der Waals surface area contributed by atoms with Gasteiger partial charge in [-0.15, -0.1) is 0 Å². The van der Waals surface area contributed by atoms with Gasteiger partial charge in [0.25, 0.3) is 5.91 Å². The highest BCUT2D eigenvalue weighted by Gasteiger charge is 2.33. The van der Waals surface area contributed by atoms with Crippen LogP contribution < -0.4 is 10.0 Å². The van der Waals surface area contributed by atoms with Crippen molar-refractivity contribution in [1.29, 1.82) is 0 Å². The lowest BCUT2D eigenvalue weighted by Crippen LogP contribution is -2.16. The Kier molecular flexibility index (Phi) is 4.83. The van der Waals surface area contributed by atoms with E-state index < -0.39 is 27.7 Å². The van der Waals surface area contributed by atoms with Crippen molar-refractivity contribution in [3.05, 3.63) is 59.7 Å². The van der Waals surface area contributed by atoms with E-state index in [1.54, 1.807) is 0 Å². The van der Waals surface area contributed by atoms with Gasteiger partial charge in [-0.2, -0.15) is 13.2 Å². The minimum absolute atomic E-state index is 0.0889. The van der Waals surface area contributed by atoms with Crippen LogP contribution in [0.4, 0.5) is 24.5 Å². The second kappa shape index (κ2) is 6.52. The van der Waals surface area contributed by atoms with Crippen LogP contribution in [0, 0.1) is 0 Å². The van der Waals surface area contributed by atoms with Gasteiger partial charge >= 0.3 is 6.18 Å². The van der Waals surface area contributed by atoms with Crippen molar-refractivity contribution in [3.63, 3.8) is 0 Å². The van der Waals surface area contributed by atoms with Crippen LogP contribution in [0.1, 0.15) is 15.9 Å². The normalized spacial score (nSPS) is 11.8. The molecule has 0 atom stereocenters. The fourth-order valence-corrected chi connectivity index (χ4v) is 2.50. The summed E-state index contributed by atoms with van der Waals surface area (Å²) in [7, 11) is -3.46. The molecule has 0 aliphatic carbocycles. The van der Waals surface area contributed by atoms with E-state index in [-0.39, 0.29) is 16.9 Å². The average Bonchev–Trinajstić information content (AvgIpc) is 2.45. The van der Waals surface area contributed by atoms with Crippen LogP contribution in [0.5, 0.6) is 0 Å². The third-order valence-electron chi connectivity index (χ3n) is 2.93. The third kappa shape index (κ3) is 4.72. The predicted octanol–water partition coefficient (Wildman–Crippen LogP) is 3.33. The first-order valence-corrected chi connectivity index (χ1v) is 8.51. The molecule has 2 N–H and O–H groups in total. The molecule has 24 heavy (non-hydrogen) atoms. The van der Waals surface area contributed by atoms with Gasteiger partial charge in [-0.1, -0.05) is 12.1 Å².